The van der Waals surface area contributed by atoms with Crippen LogP contribution in [0.1, 0.15) is 24.5 Å². The molecular weight excluding hydrogens is 460 g/mol. The van der Waals surface area contributed by atoms with Crippen LogP contribution < -0.4 is 5.32 Å². The molecule has 0 atom stereocenters. The van der Waals surface area contributed by atoms with E-state index in [-0.39, 0.29) is 36.4 Å². The summed E-state index contributed by atoms with van der Waals surface area (Å²) < 4.78 is 37.8. The summed E-state index contributed by atoms with van der Waals surface area (Å²) in [6.07, 6.45) is -3.46. The first-order valence-electron chi connectivity index (χ1n) is 8.01. The molecule has 0 saturated heterocycles. The Hall–Kier alpha value is -1.52. The Bertz CT molecular complexity index is 589. The van der Waals surface area contributed by atoms with Crippen LogP contribution in [0.15, 0.2) is 29.3 Å². The first-order valence-corrected chi connectivity index (χ1v) is 8.01. The van der Waals surface area contributed by atoms with Crippen molar-refractivity contribution in [2.75, 3.05) is 34.2 Å². The normalized spacial score (nSPS) is 11.6. The summed E-state index contributed by atoms with van der Waals surface area (Å²) >= 11 is 0. The third-order valence-corrected chi connectivity index (χ3v) is 3.46. The minimum atomic E-state index is -4.34. The van der Waals surface area contributed by atoms with Gasteiger partial charge in [-0.15, -0.1) is 24.0 Å². The molecule has 0 heterocycles. The lowest BCUT2D eigenvalue weighted by Crippen LogP contribution is -2.40. The maximum absolute atomic E-state index is 12.6. The number of hydrogen-bond donors (Lipinski definition) is 1. The molecule has 1 aromatic rings. The van der Waals surface area contributed by atoms with Crippen LogP contribution >= 0.6 is 24.0 Å². The van der Waals surface area contributed by atoms with Gasteiger partial charge in [-0.3, -0.25) is 4.79 Å². The maximum atomic E-state index is 12.6. The van der Waals surface area contributed by atoms with E-state index in [0.717, 1.165) is 24.1 Å². The van der Waals surface area contributed by atoms with Crippen molar-refractivity contribution in [1.82, 2.24) is 15.1 Å². The second-order valence-electron chi connectivity index (χ2n) is 5.91. The summed E-state index contributed by atoms with van der Waals surface area (Å²) in [5.74, 6) is 0.413. The average Bonchev–Trinajstić information content (AvgIpc) is 2.54. The molecule has 0 aromatic heterocycles. The predicted molar refractivity (Wildman–Crippen MR) is 108 cm³/mol. The molecule has 0 bridgehead atoms. The van der Waals surface area contributed by atoms with Crippen LogP contribution in [0.3, 0.4) is 0 Å². The van der Waals surface area contributed by atoms with Crippen LogP contribution in [0.4, 0.5) is 13.2 Å². The quantitative estimate of drug-likeness (QED) is 0.382. The van der Waals surface area contributed by atoms with Crippen LogP contribution in [-0.4, -0.2) is 55.9 Å². The van der Waals surface area contributed by atoms with Crippen LogP contribution in [0.25, 0.3) is 0 Å². The van der Waals surface area contributed by atoms with Crippen molar-refractivity contribution in [2.24, 2.45) is 4.99 Å². The fourth-order valence-corrected chi connectivity index (χ4v) is 1.98. The van der Waals surface area contributed by atoms with E-state index < -0.39 is 11.7 Å². The van der Waals surface area contributed by atoms with Crippen molar-refractivity contribution >= 4 is 35.8 Å². The van der Waals surface area contributed by atoms with Crippen LogP contribution in [0, 0.1) is 0 Å². The van der Waals surface area contributed by atoms with E-state index in [2.05, 4.69) is 10.3 Å². The van der Waals surface area contributed by atoms with Gasteiger partial charge in [0.25, 0.3) is 0 Å². The molecular formula is C17H26F3IN4O. The third kappa shape index (κ3) is 8.24. The summed E-state index contributed by atoms with van der Waals surface area (Å²) in [6.45, 7) is 3.08. The Morgan fingerprint density at radius 2 is 1.73 bits per heavy atom. The topological polar surface area (TPSA) is 47.9 Å². The molecule has 0 aliphatic rings. The molecule has 0 radical (unpaired) electrons. The number of nitrogens with one attached hydrogen (secondary N) is 1. The SMILES string of the molecule is CCCNC(=NCC(=O)N(C)C)N(C)Cc1ccc(C(F)(F)F)cc1.I. The number of hydrogen-bond acceptors (Lipinski definition) is 2. The molecule has 148 valence electrons. The molecule has 0 aliphatic heterocycles. The van der Waals surface area contributed by atoms with Crippen molar-refractivity contribution in [1.29, 1.82) is 0 Å². The first kappa shape index (κ1) is 24.5. The predicted octanol–water partition coefficient (Wildman–Crippen LogP) is 3.20. The summed E-state index contributed by atoms with van der Waals surface area (Å²) in [6, 6.07) is 5.02. The van der Waals surface area contributed by atoms with Gasteiger partial charge >= 0.3 is 6.18 Å². The number of carbonyl (C=O) groups is 1. The summed E-state index contributed by atoms with van der Waals surface area (Å²) in [7, 11) is 5.09. The Balaban J connectivity index is 0.00000625. The number of carbonyl (C=O) groups excluding carboxylic acids is 1. The number of nitrogens with zero attached hydrogens (tertiary/aromatic N) is 3. The van der Waals surface area contributed by atoms with Crippen molar-refractivity contribution < 1.29 is 18.0 Å². The second kappa shape index (κ2) is 11.2. The Morgan fingerprint density at radius 1 is 1.15 bits per heavy atom. The van der Waals surface area contributed by atoms with E-state index in [1.165, 1.54) is 17.0 Å². The zero-order valence-electron chi connectivity index (χ0n) is 15.4. The highest BCUT2D eigenvalue weighted by Gasteiger charge is 2.29. The van der Waals surface area contributed by atoms with Gasteiger partial charge in [-0.25, -0.2) is 4.99 Å². The highest BCUT2D eigenvalue weighted by atomic mass is 127. The van der Waals surface area contributed by atoms with Crippen LogP contribution in [0.5, 0.6) is 0 Å². The highest BCUT2D eigenvalue weighted by molar-refractivity contribution is 14.0. The fourth-order valence-electron chi connectivity index (χ4n) is 1.98. The van der Waals surface area contributed by atoms with Crippen molar-refractivity contribution in [3.8, 4) is 0 Å². The molecule has 1 aromatic carbocycles. The Labute approximate surface area is 169 Å². The Kier molecular flexibility index (Phi) is 10.6. The Morgan fingerprint density at radius 3 is 2.19 bits per heavy atom. The largest absolute Gasteiger partial charge is 0.416 e. The van der Waals surface area contributed by atoms with Crippen LogP contribution in [-0.2, 0) is 17.5 Å². The molecule has 5 nitrogen and oxygen atoms in total. The molecule has 1 N–H and O–H groups in total. The first-order chi connectivity index (χ1) is 11.6. The number of rotatable bonds is 6. The van der Waals surface area contributed by atoms with E-state index in [1.54, 1.807) is 26.0 Å². The fraction of sp³-hybridized carbons (Fsp3) is 0.529. The zero-order chi connectivity index (χ0) is 19.0. The van der Waals surface area contributed by atoms with Gasteiger partial charge < -0.3 is 15.1 Å². The van der Waals surface area contributed by atoms with Gasteiger partial charge in [0, 0.05) is 34.2 Å². The molecule has 0 aliphatic carbocycles. The van der Waals surface area contributed by atoms with Crippen molar-refractivity contribution in [3.63, 3.8) is 0 Å². The van der Waals surface area contributed by atoms with Gasteiger partial charge in [-0.2, -0.15) is 13.2 Å². The van der Waals surface area contributed by atoms with Gasteiger partial charge in [0.1, 0.15) is 6.54 Å². The smallest absolute Gasteiger partial charge is 0.356 e. The van der Waals surface area contributed by atoms with Gasteiger partial charge in [0.05, 0.1) is 5.56 Å². The van der Waals surface area contributed by atoms with Crippen molar-refractivity contribution in [3.05, 3.63) is 35.4 Å². The molecule has 0 saturated carbocycles. The van der Waals surface area contributed by atoms with E-state index >= 15 is 0 Å². The minimum absolute atomic E-state index is 0. The van der Waals surface area contributed by atoms with E-state index in [4.69, 9.17) is 0 Å². The monoisotopic (exact) mass is 486 g/mol. The standard InChI is InChI=1S/C17H25F3N4O.HI/c1-5-10-21-16(22-11-15(25)23(2)3)24(4)12-13-6-8-14(9-7-13)17(18,19)20;/h6-9H,5,10-12H2,1-4H3,(H,21,22);1H. The van der Waals surface area contributed by atoms with Gasteiger partial charge in [0.15, 0.2) is 5.96 Å². The number of aliphatic imine (C=N–C) groups is 1. The molecule has 26 heavy (non-hydrogen) atoms. The molecule has 0 spiro atoms. The van der Waals surface area contributed by atoms with Gasteiger partial charge in [-0.05, 0) is 24.1 Å². The highest BCUT2D eigenvalue weighted by Crippen LogP contribution is 2.29. The maximum Gasteiger partial charge on any atom is 0.416 e. The summed E-state index contributed by atoms with van der Waals surface area (Å²) in [5, 5.41) is 3.14. The van der Waals surface area contributed by atoms with E-state index in [0.29, 0.717) is 19.0 Å². The second-order valence-corrected chi connectivity index (χ2v) is 5.91. The lowest BCUT2D eigenvalue weighted by Gasteiger charge is -2.23. The molecule has 9 heteroatoms. The van der Waals surface area contributed by atoms with E-state index in [1.807, 2.05) is 6.92 Å². The summed E-state index contributed by atoms with van der Waals surface area (Å²) in [4.78, 5) is 19.2. The average molecular weight is 486 g/mol. The van der Waals surface area contributed by atoms with Gasteiger partial charge in [0.2, 0.25) is 5.91 Å². The molecule has 1 rings (SSSR count). The third-order valence-electron chi connectivity index (χ3n) is 3.46. The number of guanidine groups is 1. The van der Waals surface area contributed by atoms with Crippen molar-refractivity contribution in [2.45, 2.75) is 26.1 Å². The number of benzene rings is 1. The lowest BCUT2D eigenvalue weighted by molar-refractivity contribution is -0.137. The number of halogens is 4. The lowest BCUT2D eigenvalue weighted by atomic mass is 10.1. The number of amides is 1. The number of likely N-dealkylation sites (N-methyl/N-ethyl adjacent to an activating group) is 1. The van der Waals surface area contributed by atoms with Gasteiger partial charge in [-0.1, -0.05) is 19.1 Å². The molecule has 1 amide bonds. The summed E-state index contributed by atoms with van der Waals surface area (Å²) in [5.41, 5.74) is 0.0499. The minimum Gasteiger partial charge on any atom is -0.356 e. The number of alkyl halides is 3. The molecule has 0 unspecified atom stereocenters. The van der Waals surface area contributed by atoms with Crippen LogP contribution in [0.2, 0.25) is 0 Å². The van der Waals surface area contributed by atoms with E-state index in [9.17, 15) is 18.0 Å². The molecule has 0 fully saturated rings. The zero-order valence-corrected chi connectivity index (χ0v) is 17.8.